The molecule has 0 spiro atoms. The quantitative estimate of drug-likeness (QED) is 0.0568. The van der Waals surface area contributed by atoms with E-state index in [2.05, 4.69) is 129 Å². The summed E-state index contributed by atoms with van der Waals surface area (Å²) in [5.41, 5.74) is 0. The zero-order chi connectivity index (χ0) is 33.6. The second-order valence-electron chi connectivity index (χ2n) is 11.2. The van der Waals surface area contributed by atoms with Gasteiger partial charge in [0.1, 0.15) is 0 Å². The molecular formula is C42H65NO3. The van der Waals surface area contributed by atoms with Crippen LogP contribution in [0.1, 0.15) is 117 Å². The highest BCUT2D eigenvalue weighted by Crippen LogP contribution is 2.04. The smallest absolute Gasteiger partial charge is 0.220 e. The van der Waals surface area contributed by atoms with Gasteiger partial charge in [0.2, 0.25) is 5.91 Å². The molecule has 1 amide bonds. The predicted molar refractivity (Wildman–Crippen MR) is 202 cm³/mol. The lowest BCUT2D eigenvalue weighted by Crippen LogP contribution is -2.45. The number of nitrogens with one attached hydrogen (secondary N) is 1. The normalized spacial score (nSPS) is 14.6. The number of unbranched alkanes of at least 4 members (excludes halogenated alkanes) is 4. The van der Waals surface area contributed by atoms with Gasteiger partial charge in [0, 0.05) is 6.42 Å². The molecular weight excluding hydrogens is 566 g/mol. The molecule has 0 saturated carbocycles. The van der Waals surface area contributed by atoms with Crippen molar-refractivity contribution in [1.82, 2.24) is 5.32 Å². The van der Waals surface area contributed by atoms with Crippen LogP contribution >= 0.6 is 0 Å². The molecule has 0 bridgehead atoms. The fraction of sp³-hybridized carbons (Fsp3) is 0.500. The highest BCUT2D eigenvalue weighted by Gasteiger charge is 2.17. The second-order valence-corrected chi connectivity index (χ2v) is 11.2. The summed E-state index contributed by atoms with van der Waals surface area (Å²) in [6, 6.07) is -0.683. The molecule has 46 heavy (non-hydrogen) atoms. The molecule has 0 fully saturated rings. The van der Waals surface area contributed by atoms with E-state index in [1.54, 1.807) is 6.08 Å². The van der Waals surface area contributed by atoms with Crippen LogP contribution in [0.4, 0.5) is 0 Å². The number of aliphatic hydroxyl groups excluding tert-OH is 2. The average molecular weight is 632 g/mol. The maximum absolute atomic E-state index is 12.3. The monoisotopic (exact) mass is 631 g/mol. The van der Waals surface area contributed by atoms with Crippen LogP contribution in [0.2, 0.25) is 0 Å². The molecule has 0 aliphatic carbocycles. The van der Waals surface area contributed by atoms with Crippen LogP contribution in [0, 0.1) is 0 Å². The molecule has 0 saturated heterocycles. The zero-order valence-corrected chi connectivity index (χ0v) is 29.0. The van der Waals surface area contributed by atoms with E-state index in [1.807, 2.05) is 6.08 Å². The lowest BCUT2D eigenvalue weighted by atomic mass is 10.1. The summed E-state index contributed by atoms with van der Waals surface area (Å²) in [4.78, 5) is 12.3. The molecule has 0 aliphatic heterocycles. The van der Waals surface area contributed by atoms with E-state index in [4.69, 9.17) is 0 Å². The van der Waals surface area contributed by atoms with Gasteiger partial charge in [0.25, 0.3) is 0 Å². The van der Waals surface area contributed by atoms with Crippen LogP contribution in [0.25, 0.3) is 0 Å². The first-order chi connectivity index (χ1) is 22.7. The molecule has 0 aliphatic rings. The Morgan fingerprint density at radius 3 is 1.37 bits per heavy atom. The van der Waals surface area contributed by atoms with Crippen molar-refractivity contribution < 1.29 is 15.0 Å². The molecule has 0 aromatic rings. The van der Waals surface area contributed by atoms with E-state index in [-0.39, 0.29) is 12.5 Å². The van der Waals surface area contributed by atoms with Gasteiger partial charge in [0.15, 0.2) is 0 Å². The molecule has 3 N–H and O–H groups in total. The van der Waals surface area contributed by atoms with Crippen LogP contribution in [-0.2, 0) is 4.79 Å². The topological polar surface area (TPSA) is 69.6 Å². The summed E-state index contributed by atoms with van der Waals surface area (Å²) in [6.07, 6.45) is 57.1. The van der Waals surface area contributed by atoms with E-state index in [0.717, 1.165) is 89.9 Å². The van der Waals surface area contributed by atoms with E-state index in [0.29, 0.717) is 6.42 Å². The van der Waals surface area contributed by atoms with Gasteiger partial charge >= 0.3 is 0 Å². The summed E-state index contributed by atoms with van der Waals surface area (Å²) in [6.45, 7) is 4.04. The molecule has 0 aromatic carbocycles. The number of allylic oxidation sites excluding steroid dienone is 19. The Labute approximate surface area is 282 Å². The SMILES string of the molecule is CC/C=C\C/C=C\C/C=C\C/C=C\C/C=C\C/C=C\C/C=C\CCCC(=O)NC(CO)C(O)/C=C/CC/C=C/CC/C=C/CCC. The number of hydrogen-bond donors (Lipinski definition) is 3. The van der Waals surface area contributed by atoms with Crippen molar-refractivity contribution in [3.63, 3.8) is 0 Å². The molecule has 2 unspecified atom stereocenters. The van der Waals surface area contributed by atoms with Gasteiger partial charge in [-0.3, -0.25) is 4.79 Å². The predicted octanol–water partition coefficient (Wildman–Crippen LogP) is 10.7. The van der Waals surface area contributed by atoms with Crippen molar-refractivity contribution in [2.75, 3.05) is 6.61 Å². The molecule has 0 radical (unpaired) electrons. The Hall–Kier alpha value is -3.21. The van der Waals surface area contributed by atoms with E-state index in [1.165, 1.54) is 6.42 Å². The van der Waals surface area contributed by atoms with Gasteiger partial charge in [-0.05, 0) is 89.9 Å². The van der Waals surface area contributed by atoms with Crippen molar-refractivity contribution in [3.8, 4) is 0 Å². The van der Waals surface area contributed by atoms with Crippen LogP contribution in [0.3, 0.4) is 0 Å². The molecule has 4 heteroatoms. The number of amides is 1. The summed E-state index contributed by atoms with van der Waals surface area (Å²) < 4.78 is 0. The van der Waals surface area contributed by atoms with Crippen molar-refractivity contribution in [2.45, 2.75) is 129 Å². The molecule has 0 heterocycles. The molecule has 2 atom stereocenters. The first-order valence-corrected chi connectivity index (χ1v) is 17.7. The Morgan fingerprint density at radius 1 is 0.543 bits per heavy atom. The van der Waals surface area contributed by atoms with Crippen molar-refractivity contribution in [1.29, 1.82) is 0 Å². The maximum Gasteiger partial charge on any atom is 0.220 e. The van der Waals surface area contributed by atoms with Crippen molar-refractivity contribution >= 4 is 5.91 Å². The Balaban J connectivity index is 3.88. The summed E-state index contributed by atoms with van der Waals surface area (Å²) in [5, 5.41) is 22.7. The van der Waals surface area contributed by atoms with Crippen LogP contribution in [0.5, 0.6) is 0 Å². The number of rotatable bonds is 29. The zero-order valence-electron chi connectivity index (χ0n) is 29.0. The lowest BCUT2D eigenvalue weighted by molar-refractivity contribution is -0.122. The Kier molecular flexibility index (Phi) is 33.7. The first kappa shape index (κ1) is 42.8. The van der Waals surface area contributed by atoms with Gasteiger partial charge < -0.3 is 15.5 Å². The third-order valence-electron chi connectivity index (χ3n) is 6.89. The first-order valence-electron chi connectivity index (χ1n) is 17.7. The Bertz CT molecular complexity index is 990. The molecule has 0 rings (SSSR count). The number of carbonyl (C=O) groups is 1. The summed E-state index contributed by atoms with van der Waals surface area (Å²) in [5.74, 6) is -0.146. The average Bonchev–Trinajstić information content (AvgIpc) is 3.06. The van der Waals surface area contributed by atoms with Gasteiger partial charge in [-0.2, -0.15) is 0 Å². The number of aliphatic hydroxyl groups is 2. The number of hydrogen-bond acceptors (Lipinski definition) is 3. The van der Waals surface area contributed by atoms with E-state index < -0.39 is 12.1 Å². The van der Waals surface area contributed by atoms with Crippen LogP contribution in [-0.4, -0.2) is 34.9 Å². The summed E-state index contributed by atoms with van der Waals surface area (Å²) >= 11 is 0. The van der Waals surface area contributed by atoms with Gasteiger partial charge in [-0.1, -0.05) is 142 Å². The fourth-order valence-corrected chi connectivity index (χ4v) is 4.20. The van der Waals surface area contributed by atoms with Crippen molar-refractivity contribution in [3.05, 3.63) is 122 Å². The minimum absolute atomic E-state index is 0.146. The second kappa shape index (κ2) is 36.3. The van der Waals surface area contributed by atoms with Crippen LogP contribution in [0.15, 0.2) is 122 Å². The fourth-order valence-electron chi connectivity index (χ4n) is 4.20. The largest absolute Gasteiger partial charge is 0.394 e. The van der Waals surface area contributed by atoms with Gasteiger partial charge in [-0.25, -0.2) is 0 Å². The highest BCUT2D eigenvalue weighted by atomic mass is 16.3. The standard InChI is InChI=1S/C42H65NO3/c1-3-5-7-9-11-13-15-16-17-18-19-20-21-22-23-24-25-26-28-30-32-34-36-38-42(46)43-40(39-44)41(45)37-35-33-31-29-27-14-12-10-8-6-4-2/h5,7-8,10-11,13,16-17,19-20,22-23,25-27,29-30,32,35,37,40-41,44-45H,3-4,6,9,12,14-15,18,21,24,28,31,33-34,36,38-39H2,1-2H3,(H,43,46)/b7-5-,10-8+,13-11-,17-16-,20-19-,23-22-,26-25-,29-27+,32-30-,37-35+. The third kappa shape index (κ3) is 32.2. The van der Waals surface area contributed by atoms with Gasteiger partial charge in [0.05, 0.1) is 18.8 Å². The van der Waals surface area contributed by atoms with Crippen LogP contribution < -0.4 is 5.32 Å². The van der Waals surface area contributed by atoms with E-state index in [9.17, 15) is 15.0 Å². The Morgan fingerprint density at radius 2 is 0.935 bits per heavy atom. The highest BCUT2D eigenvalue weighted by molar-refractivity contribution is 5.76. The lowest BCUT2D eigenvalue weighted by Gasteiger charge is -2.19. The summed E-state index contributed by atoms with van der Waals surface area (Å²) in [7, 11) is 0. The van der Waals surface area contributed by atoms with Gasteiger partial charge in [-0.15, -0.1) is 0 Å². The van der Waals surface area contributed by atoms with Crippen molar-refractivity contribution in [2.24, 2.45) is 0 Å². The number of carbonyl (C=O) groups excluding carboxylic acids is 1. The molecule has 4 nitrogen and oxygen atoms in total. The maximum atomic E-state index is 12.3. The molecule has 0 aromatic heterocycles. The van der Waals surface area contributed by atoms with E-state index >= 15 is 0 Å². The minimum Gasteiger partial charge on any atom is -0.394 e. The minimum atomic E-state index is -0.900. The third-order valence-corrected chi connectivity index (χ3v) is 6.89. The molecule has 256 valence electrons.